The minimum Gasteiger partial charge on any atom is -0.493 e. The predicted octanol–water partition coefficient (Wildman–Crippen LogP) is 4.96. The lowest BCUT2D eigenvalue weighted by molar-refractivity contribution is -0.123. The quantitative estimate of drug-likeness (QED) is 0.200. The number of carbonyl (C=O) groups excluding carboxylic acids is 2. The van der Waals surface area contributed by atoms with Gasteiger partial charge in [-0.1, -0.05) is 44.2 Å². The molecule has 0 fully saturated rings. The highest BCUT2D eigenvalue weighted by Crippen LogP contribution is 2.28. The molecule has 0 saturated carbocycles. The first kappa shape index (κ1) is 24.5. The standard InChI is InChI=1S/C27H28N2O5/c1-4-19(2)21-11-13-23(14-12-21)33-18-26(30)29-28-17-20-10-15-24(25(16-20)32-3)34-27(31)22-8-6-5-7-9-22/h5-17,19H,4,18H2,1-3H3,(H,29,30)/b28-17+/t19-/m0/s1. The van der Waals surface area contributed by atoms with E-state index < -0.39 is 5.97 Å². The van der Waals surface area contributed by atoms with Crippen molar-refractivity contribution in [1.82, 2.24) is 5.43 Å². The Morgan fingerprint density at radius 1 is 1.00 bits per heavy atom. The van der Waals surface area contributed by atoms with Gasteiger partial charge >= 0.3 is 5.97 Å². The number of nitrogens with zero attached hydrogens (tertiary/aromatic N) is 1. The zero-order valence-electron chi connectivity index (χ0n) is 19.5. The summed E-state index contributed by atoms with van der Waals surface area (Å²) in [7, 11) is 1.48. The topological polar surface area (TPSA) is 86.2 Å². The van der Waals surface area contributed by atoms with Crippen LogP contribution >= 0.6 is 0 Å². The van der Waals surface area contributed by atoms with Crippen molar-refractivity contribution >= 4 is 18.1 Å². The summed E-state index contributed by atoms with van der Waals surface area (Å²) in [4.78, 5) is 24.3. The average molecular weight is 461 g/mol. The Kier molecular flexibility index (Phi) is 8.80. The number of benzene rings is 3. The van der Waals surface area contributed by atoms with E-state index in [0.29, 0.717) is 28.5 Å². The van der Waals surface area contributed by atoms with E-state index in [9.17, 15) is 9.59 Å². The number of hydrogen-bond acceptors (Lipinski definition) is 6. The SMILES string of the molecule is CC[C@H](C)c1ccc(OCC(=O)N/N=C/c2ccc(OC(=O)c3ccccc3)c(OC)c2)cc1. The smallest absolute Gasteiger partial charge is 0.343 e. The van der Waals surface area contributed by atoms with Crippen LogP contribution in [0.1, 0.15) is 47.7 Å². The van der Waals surface area contributed by atoms with Gasteiger partial charge in [-0.25, -0.2) is 10.2 Å². The van der Waals surface area contributed by atoms with Gasteiger partial charge < -0.3 is 14.2 Å². The zero-order valence-corrected chi connectivity index (χ0v) is 19.5. The van der Waals surface area contributed by atoms with Gasteiger partial charge in [-0.15, -0.1) is 0 Å². The molecule has 0 aliphatic rings. The van der Waals surface area contributed by atoms with Gasteiger partial charge in [0.25, 0.3) is 5.91 Å². The molecule has 0 aliphatic heterocycles. The van der Waals surface area contributed by atoms with E-state index in [1.165, 1.54) is 18.9 Å². The number of hydrogen-bond donors (Lipinski definition) is 1. The third-order valence-corrected chi connectivity index (χ3v) is 5.23. The Morgan fingerprint density at radius 2 is 1.74 bits per heavy atom. The molecule has 0 spiro atoms. The normalized spacial score (nSPS) is 11.6. The van der Waals surface area contributed by atoms with E-state index in [2.05, 4.69) is 24.4 Å². The fourth-order valence-corrected chi connectivity index (χ4v) is 3.07. The largest absolute Gasteiger partial charge is 0.493 e. The summed E-state index contributed by atoms with van der Waals surface area (Å²) in [6, 6.07) is 21.4. The van der Waals surface area contributed by atoms with Crippen LogP contribution in [0.2, 0.25) is 0 Å². The molecule has 3 aromatic carbocycles. The zero-order chi connectivity index (χ0) is 24.3. The molecule has 3 rings (SSSR count). The van der Waals surface area contributed by atoms with Gasteiger partial charge in [0.1, 0.15) is 5.75 Å². The van der Waals surface area contributed by atoms with Gasteiger partial charge in [-0.3, -0.25) is 4.79 Å². The molecule has 3 aromatic rings. The molecule has 0 bridgehead atoms. The van der Waals surface area contributed by atoms with E-state index in [1.54, 1.807) is 42.5 Å². The molecular weight excluding hydrogens is 432 g/mol. The van der Waals surface area contributed by atoms with Gasteiger partial charge in [0.15, 0.2) is 18.1 Å². The predicted molar refractivity (Wildman–Crippen MR) is 131 cm³/mol. The monoisotopic (exact) mass is 460 g/mol. The molecule has 0 heterocycles. The van der Waals surface area contributed by atoms with Crippen molar-refractivity contribution in [3.63, 3.8) is 0 Å². The van der Waals surface area contributed by atoms with Crippen molar-refractivity contribution < 1.29 is 23.8 Å². The second kappa shape index (κ2) is 12.2. The molecule has 0 aliphatic carbocycles. The summed E-state index contributed by atoms with van der Waals surface area (Å²) in [6.45, 7) is 4.16. The molecule has 7 heteroatoms. The number of amides is 1. The Bertz CT molecular complexity index is 1130. The molecule has 1 N–H and O–H groups in total. The Morgan fingerprint density at radius 3 is 2.41 bits per heavy atom. The van der Waals surface area contributed by atoms with Gasteiger partial charge in [0.2, 0.25) is 0 Å². The van der Waals surface area contributed by atoms with Crippen LogP contribution in [0.4, 0.5) is 0 Å². The number of hydrazone groups is 1. The lowest BCUT2D eigenvalue weighted by Crippen LogP contribution is -2.24. The van der Waals surface area contributed by atoms with E-state index in [-0.39, 0.29) is 18.3 Å². The minimum atomic E-state index is -0.484. The lowest BCUT2D eigenvalue weighted by atomic mass is 9.99. The van der Waals surface area contributed by atoms with Crippen molar-refractivity contribution in [2.45, 2.75) is 26.2 Å². The first-order chi connectivity index (χ1) is 16.5. The maximum absolute atomic E-state index is 12.3. The highest BCUT2D eigenvalue weighted by atomic mass is 16.6. The Balaban J connectivity index is 1.51. The number of methoxy groups -OCH3 is 1. The van der Waals surface area contributed by atoms with Crippen molar-refractivity contribution in [2.24, 2.45) is 5.10 Å². The van der Waals surface area contributed by atoms with Crippen LogP contribution in [0.15, 0.2) is 77.9 Å². The van der Waals surface area contributed by atoms with Crippen LogP contribution in [-0.2, 0) is 4.79 Å². The fourth-order valence-electron chi connectivity index (χ4n) is 3.07. The Hall–Kier alpha value is -4.13. The summed E-state index contributed by atoms with van der Waals surface area (Å²) in [5.74, 6) is 0.880. The van der Waals surface area contributed by atoms with Crippen LogP contribution in [0.25, 0.3) is 0 Å². The second-order valence-corrected chi connectivity index (χ2v) is 7.63. The summed E-state index contributed by atoms with van der Waals surface area (Å²) < 4.78 is 16.3. The molecular formula is C27H28N2O5. The maximum Gasteiger partial charge on any atom is 0.343 e. The molecule has 34 heavy (non-hydrogen) atoms. The van der Waals surface area contributed by atoms with Crippen LogP contribution < -0.4 is 19.6 Å². The Labute approximate surface area is 199 Å². The van der Waals surface area contributed by atoms with E-state index >= 15 is 0 Å². The average Bonchev–Trinajstić information content (AvgIpc) is 2.88. The van der Waals surface area contributed by atoms with Gasteiger partial charge in [-0.2, -0.15) is 5.10 Å². The molecule has 0 radical (unpaired) electrons. The molecule has 0 saturated heterocycles. The van der Waals surface area contributed by atoms with Crippen LogP contribution in [0.5, 0.6) is 17.2 Å². The minimum absolute atomic E-state index is 0.155. The number of carbonyl (C=O) groups is 2. The molecule has 0 unspecified atom stereocenters. The fraction of sp³-hybridized carbons (Fsp3) is 0.222. The highest BCUT2D eigenvalue weighted by Gasteiger charge is 2.12. The number of ether oxygens (including phenoxy) is 3. The first-order valence-electron chi connectivity index (χ1n) is 11.0. The van der Waals surface area contributed by atoms with Crippen molar-refractivity contribution in [3.8, 4) is 17.2 Å². The molecule has 176 valence electrons. The molecule has 0 aromatic heterocycles. The third-order valence-electron chi connectivity index (χ3n) is 5.23. The van der Waals surface area contributed by atoms with Crippen LogP contribution in [-0.4, -0.2) is 31.8 Å². The third kappa shape index (κ3) is 6.93. The maximum atomic E-state index is 12.3. The number of nitrogens with one attached hydrogen (secondary N) is 1. The summed E-state index contributed by atoms with van der Waals surface area (Å²) in [6.07, 6.45) is 2.53. The molecule has 7 nitrogen and oxygen atoms in total. The van der Waals surface area contributed by atoms with Gasteiger partial charge in [0, 0.05) is 0 Å². The molecule has 1 atom stereocenters. The first-order valence-corrected chi connectivity index (χ1v) is 11.0. The number of esters is 1. The summed E-state index contributed by atoms with van der Waals surface area (Å²) in [5, 5.41) is 3.95. The van der Waals surface area contributed by atoms with Crippen molar-refractivity contribution in [2.75, 3.05) is 13.7 Å². The second-order valence-electron chi connectivity index (χ2n) is 7.63. The van der Waals surface area contributed by atoms with E-state index in [4.69, 9.17) is 14.2 Å². The summed E-state index contributed by atoms with van der Waals surface area (Å²) >= 11 is 0. The van der Waals surface area contributed by atoms with Gasteiger partial charge in [0.05, 0.1) is 18.9 Å². The van der Waals surface area contributed by atoms with E-state index in [0.717, 1.165) is 6.42 Å². The molecule has 1 amide bonds. The summed E-state index contributed by atoms with van der Waals surface area (Å²) in [5.41, 5.74) is 4.75. The van der Waals surface area contributed by atoms with Gasteiger partial charge in [-0.05, 0) is 65.9 Å². The van der Waals surface area contributed by atoms with E-state index in [1.807, 2.05) is 30.3 Å². The van der Waals surface area contributed by atoms with Crippen LogP contribution in [0, 0.1) is 0 Å². The van der Waals surface area contributed by atoms with Crippen molar-refractivity contribution in [1.29, 1.82) is 0 Å². The lowest BCUT2D eigenvalue weighted by Gasteiger charge is -2.10. The number of rotatable bonds is 10. The highest BCUT2D eigenvalue weighted by molar-refractivity contribution is 5.91. The van der Waals surface area contributed by atoms with Crippen LogP contribution in [0.3, 0.4) is 0 Å². The van der Waals surface area contributed by atoms with Crippen molar-refractivity contribution in [3.05, 3.63) is 89.5 Å².